The summed E-state index contributed by atoms with van der Waals surface area (Å²) < 4.78 is 19.8. The summed E-state index contributed by atoms with van der Waals surface area (Å²) in [5.74, 6) is 0.685. The van der Waals surface area contributed by atoms with E-state index in [1.165, 1.54) is 19.2 Å². The molecule has 4 N–H and O–H groups in total. The average molecular weight is 577 g/mol. The number of piperazine rings is 1. The van der Waals surface area contributed by atoms with Crippen LogP contribution in [0, 0.1) is 5.82 Å². The Morgan fingerprint density at radius 2 is 2.07 bits per heavy atom. The van der Waals surface area contributed by atoms with Gasteiger partial charge in [-0.1, -0.05) is 12.1 Å². The molecule has 2 unspecified atom stereocenters. The number of carbonyl (C=O) groups excluding carboxylic acids is 2. The number of nitrogens with two attached hydrogens (primary N) is 1. The number of methoxy groups -OCH3 is 1. The van der Waals surface area contributed by atoms with Crippen LogP contribution >= 0.6 is 0 Å². The number of nitrogens with one attached hydrogen (secondary N) is 2. The van der Waals surface area contributed by atoms with Crippen molar-refractivity contribution in [2.75, 3.05) is 33.4 Å². The Morgan fingerprint density at radius 3 is 2.90 bits per heavy atom. The van der Waals surface area contributed by atoms with Gasteiger partial charge in [-0.05, 0) is 37.1 Å². The maximum absolute atomic E-state index is 14.5. The molecule has 42 heavy (non-hydrogen) atoms. The number of aliphatic imine (C=N–C) groups is 2. The Balaban J connectivity index is 1.24. The number of hydrogen-bond donors (Lipinski definition) is 3. The number of carbonyl (C=O) groups is 2. The first kappa shape index (κ1) is 27.6. The molecule has 2 aromatic rings. The fourth-order valence-electron chi connectivity index (χ4n) is 6.12. The number of fused-ring (bicyclic) bond motifs is 2. The molecule has 2 fully saturated rings. The van der Waals surface area contributed by atoms with Gasteiger partial charge < -0.3 is 25.6 Å². The van der Waals surface area contributed by atoms with Gasteiger partial charge in [0.15, 0.2) is 18.4 Å². The molecule has 5 heterocycles. The summed E-state index contributed by atoms with van der Waals surface area (Å²) in [6, 6.07) is 9.11. The van der Waals surface area contributed by atoms with Crippen LogP contribution in [0.15, 0.2) is 57.7 Å². The lowest BCUT2D eigenvalue weighted by Gasteiger charge is -2.37. The molecule has 2 amide bonds. The molecule has 220 valence electrons. The Bertz CT molecular complexity index is 1510. The fourth-order valence-corrected chi connectivity index (χ4v) is 6.12. The molecule has 1 aromatic carbocycles. The number of halogens is 1. The van der Waals surface area contributed by atoms with Gasteiger partial charge in [0.2, 0.25) is 11.8 Å². The van der Waals surface area contributed by atoms with Gasteiger partial charge in [-0.25, -0.2) is 19.8 Å². The number of hydroxylamine groups is 1. The predicted octanol–water partition coefficient (Wildman–Crippen LogP) is 1.65. The van der Waals surface area contributed by atoms with E-state index in [0.717, 1.165) is 23.3 Å². The second-order valence-electron chi connectivity index (χ2n) is 10.7. The van der Waals surface area contributed by atoms with Crippen LogP contribution in [-0.4, -0.2) is 83.8 Å². The molecule has 3 atom stereocenters. The van der Waals surface area contributed by atoms with Gasteiger partial charge in [-0.3, -0.25) is 19.4 Å². The average Bonchev–Trinajstić information content (AvgIpc) is 3.36. The summed E-state index contributed by atoms with van der Waals surface area (Å²) >= 11 is 0. The number of guanidine groups is 1. The molecular weight excluding hydrogens is 543 g/mol. The first-order valence-electron chi connectivity index (χ1n) is 14.0. The van der Waals surface area contributed by atoms with Crippen LogP contribution in [0.2, 0.25) is 0 Å². The van der Waals surface area contributed by atoms with Crippen LogP contribution < -0.4 is 21.3 Å². The van der Waals surface area contributed by atoms with E-state index >= 15 is 0 Å². The van der Waals surface area contributed by atoms with Gasteiger partial charge in [0.05, 0.1) is 24.9 Å². The minimum absolute atomic E-state index is 0.0702. The minimum atomic E-state index is -0.445. The van der Waals surface area contributed by atoms with Crippen molar-refractivity contribution in [3.63, 3.8) is 0 Å². The lowest BCUT2D eigenvalue weighted by molar-refractivity contribution is -0.143. The zero-order valence-corrected chi connectivity index (χ0v) is 23.5. The molecule has 2 saturated heterocycles. The van der Waals surface area contributed by atoms with Crippen LogP contribution in [0.1, 0.15) is 37.8 Å². The molecule has 6 rings (SSSR count). The molecule has 0 radical (unpaired) electrons. The molecule has 0 aliphatic carbocycles. The smallest absolute Gasteiger partial charge is 0.251 e. The molecule has 0 saturated carbocycles. The van der Waals surface area contributed by atoms with Crippen molar-refractivity contribution in [1.29, 1.82) is 0 Å². The number of aromatic nitrogens is 1. The number of pyridine rings is 1. The third kappa shape index (κ3) is 5.39. The van der Waals surface area contributed by atoms with E-state index < -0.39 is 11.9 Å². The van der Waals surface area contributed by atoms with Crippen molar-refractivity contribution < 1.29 is 23.6 Å². The second kappa shape index (κ2) is 11.4. The third-order valence-corrected chi connectivity index (χ3v) is 8.13. The van der Waals surface area contributed by atoms with Gasteiger partial charge in [0.1, 0.15) is 5.82 Å². The monoisotopic (exact) mass is 576 g/mol. The maximum atomic E-state index is 14.5. The molecular formula is C29H33FN8O4. The van der Waals surface area contributed by atoms with Crippen molar-refractivity contribution in [2.24, 2.45) is 15.7 Å². The highest BCUT2D eigenvalue weighted by molar-refractivity contribution is 6.02. The standard InChI is InChI=1S/C29H33FN8O4/c1-16-27-23(35-29(31)32-16)13-22(19-8-6-17(30)12-20(19)21-4-3-5-24(33-21)41-2)34-28(27)36-42-15-26(40)37-10-11-38-18(14-37)7-9-25(38)39/h3-6,8,12,18,22-23H,7,9-11,13-15H2,1-2H3,(H,34,36)(H3,31,32,35)/t18?,22-,23?/m1/s1. The largest absolute Gasteiger partial charge is 0.481 e. The molecule has 4 aliphatic heterocycles. The van der Waals surface area contributed by atoms with Crippen LogP contribution in [0.4, 0.5) is 4.39 Å². The summed E-state index contributed by atoms with van der Waals surface area (Å²) in [6.07, 6.45) is 1.78. The Hall–Kier alpha value is -4.52. The topological polar surface area (TPSA) is 147 Å². The van der Waals surface area contributed by atoms with Crippen molar-refractivity contribution in [3.8, 4) is 17.1 Å². The summed E-state index contributed by atoms with van der Waals surface area (Å²) in [5, 5.41) is 3.05. The Labute approximate surface area is 242 Å². The van der Waals surface area contributed by atoms with Crippen molar-refractivity contribution >= 4 is 23.6 Å². The van der Waals surface area contributed by atoms with Gasteiger partial charge in [-0.2, -0.15) is 0 Å². The van der Waals surface area contributed by atoms with Gasteiger partial charge in [0.25, 0.3) is 5.91 Å². The lowest BCUT2D eigenvalue weighted by Crippen LogP contribution is -2.54. The first-order valence-corrected chi connectivity index (χ1v) is 14.0. The number of nitrogens with zero attached hydrogens (tertiary/aromatic N) is 5. The van der Waals surface area contributed by atoms with Crippen LogP contribution in [0.25, 0.3) is 11.3 Å². The summed E-state index contributed by atoms with van der Waals surface area (Å²) in [7, 11) is 1.53. The number of amides is 2. The van der Waals surface area contributed by atoms with E-state index in [0.29, 0.717) is 55.4 Å². The minimum Gasteiger partial charge on any atom is -0.481 e. The highest BCUT2D eigenvalue weighted by Gasteiger charge is 2.38. The van der Waals surface area contributed by atoms with E-state index in [2.05, 4.69) is 20.8 Å². The predicted molar refractivity (Wildman–Crippen MR) is 153 cm³/mol. The number of benzene rings is 1. The van der Waals surface area contributed by atoms with E-state index in [-0.39, 0.29) is 36.5 Å². The van der Waals surface area contributed by atoms with Crippen LogP contribution in [-0.2, 0) is 14.4 Å². The van der Waals surface area contributed by atoms with Crippen molar-refractivity contribution in [1.82, 2.24) is 25.6 Å². The molecule has 4 aliphatic rings. The van der Waals surface area contributed by atoms with E-state index in [1.807, 2.05) is 11.8 Å². The highest BCUT2D eigenvalue weighted by atomic mass is 19.1. The lowest BCUT2D eigenvalue weighted by atomic mass is 9.87. The quantitative estimate of drug-likeness (QED) is 0.440. The van der Waals surface area contributed by atoms with Crippen LogP contribution in [0.5, 0.6) is 5.88 Å². The van der Waals surface area contributed by atoms with Gasteiger partial charge in [0, 0.05) is 61.4 Å². The third-order valence-electron chi connectivity index (χ3n) is 8.13. The molecule has 13 heteroatoms. The first-order chi connectivity index (χ1) is 20.3. The Morgan fingerprint density at radius 1 is 1.21 bits per heavy atom. The van der Waals surface area contributed by atoms with E-state index in [1.54, 1.807) is 29.2 Å². The van der Waals surface area contributed by atoms with Gasteiger partial charge in [-0.15, -0.1) is 0 Å². The second-order valence-corrected chi connectivity index (χ2v) is 10.7. The highest BCUT2D eigenvalue weighted by Crippen LogP contribution is 2.39. The number of ether oxygens (including phenoxy) is 1. The zero-order valence-electron chi connectivity index (χ0n) is 23.5. The van der Waals surface area contributed by atoms with E-state index in [4.69, 9.17) is 20.3 Å². The van der Waals surface area contributed by atoms with Gasteiger partial charge >= 0.3 is 0 Å². The molecule has 1 aromatic heterocycles. The van der Waals surface area contributed by atoms with E-state index in [9.17, 15) is 14.0 Å². The maximum Gasteiger partial charge on any atom is 0.251 e. The summed E-state index contributed by atoms with van der Waals surface area (Å²) in [4.78, 5) is 48.4. The molecule has 12 nitrogen and oxygen atoms in total. The normalized spacial score (nSPS) is 23.5. The van der Waals surface area contributed by atoms with Crippen molar-refractivity contribution in [3.05, 3.63) is 59.0 Å². The summed E-state index contributed by atoms with van der Waals surface area (Å²) in [5.41, 5.74) is 12.4. The fraction of sp³-hybridized carbons (Fsp3) is 0.414. The summed E-state index contributed by atoms with van der Waals surface area (Å²) in [6.45, 7) is 3.18. The number of rotatable bonds is 6. The Kier molecular flexibility index (Phi) is 7.50. The number of amidine groups is 1. The number of allylic oxidation sites excluding steroid dienone is 1. The van der Waals surface area contributed by atoms with Crippen LogP contribution in [0.3, 0.4) is 0 Å². The SMILES string of the molecule is COc1cccc(-c2cc(F)ccc2[C@H]2CC3N=C(N)NC(C)=C3C(NOCC(=O)N3CCN4C(=O)CCC4C3)=N2)n1. The zero-order chi connectivity index (χ0) is 29.4. The number of hydrogen-bond acceptors (Lipinski definition) is 10. The molecule has 0 spiro atoms. The molecule has 0 bridgehead atoms. The van der Waals surface area contributed by atoms with Crippen molar-refractivity contribution in [2.45, 2.75) is 44.3 Å².